The van der Waals surface area contributed by atoms with Gasteiger partial charge in [0.2, 0.25) is 0 Å². The van der Waals surface area contributed by atoms with E-state index in [0.717, 1.165) is 64.9 Å². The number of benzene rings is 1. The zero-order valence-electron chi connectivity index (χ0n) is 19.0. The van der Waals surface area contributed by atoms with Gasteiger partial charge in [-0.3, -0.25) is 9.97 Å². The smallest absolute Gasteiger partial charge is 0.162 e. The number of nitrogens with zero attached hydrogens (tertiary/aromatic N) is 4. The number of nitrogens with one attached hydrogen (secondary N) is 2. The van der Waals surface area contributed by atoms with E-state index in [2.05, 4.69) is 64.8 Å². The SMILES string of the molecule is CC(C)c1ccccc1-c1nc2c(c(NCc3ccc(-c4ccccn4)nc3)n1)CNCC2. The molecule has 5 rings (SSSR count). The van der Waals surface area contributed by atoms with Crippen molar-refractivity contribution in [1.29, 1.82) is 0 Å². The monoisotopic (exact) mass is 436 g/mol. The van der Waals surface area contributed by atoms with Crippen molar-refractivity contribution in [2.24, 2.45) is 0 Å². The summed E-state index contributed by atoms with van der Waals surface area (Å²) in [6.45, 7) is 6.78. The molecule has 6 nitrogen and oxygen atoms in total. The molecule has 6 heteroatoms. The van der Waals surface area contributed by atoms with Gasteiger partial charge in [-0.1, -0.05) is 50.2 Å². The van der Waals surface area contributed by atoms with Crippen LogP contribution in [-0.4, -0.2) is 26.5 Å². The van der Waals surface area contributed by atoms with E-state index in [4.69, 9.17) is 9.97 Å². The van der Waals surface area contributed by atoms with Crippen molar-refractivity contribution in [1.82, 2.24) is 25.3 Å². The molecule has 0 atom stereocenters. The summed E-state index contributed by atoms with van der Waals surface area (Å²) in [5, 5.41) is 7.02. The van der Waals surface area contributed by atoms with Crippen LogP contribution in [0.1, 0.15) is 42.1 Å². The number of anilines is 1. The molecule has 4 heterocycles. The summed E-state index contributed by atoms with van der Waals surface area (Å²) in [7, 11) is 0. The van der Waals surface area contributed by atoms with E-state index in [9.17, 15) is 0 Å². The van der Waals surface area contributed by atoms with Gasteiger partial charge in [-0.15, -0.1) is 0 Å². The van der Waals surface area contributed by atoms with Crippen LogP contribution in [0.25, 0.3) is 22.8 Å². The van der Waals surface area contributed by atoms with Crippen LogP contribution in [0.5, 0.6) is 0 Å². The fourth-order valence-electron chi connectivity index (χ4n) is 4.19. The standard InChI is InChI=1S/C27H28N6/c1-18(2)20-7-3-4-8-21(20)27-32-23-12-14-28-17-22(23)26(33-27)31-16-19-10-11-25(30-15-19)24-9-5-6-13-29-24/h3-11,13,15,18,28H,12,14,16-17H2,1-2H3,(H,31,32,33). The van der Waals surface area contributed by atoms with Crippen LogP contribution in [-0.2, 0) is 19.5 Å². The quantitative estimate of drug-likeness (QED) is 0.444. The van der Waals surface area contributed by atoms with Crippen molar-refractivity contribution in [2.75, 3.05) is 11.9 Å². The summed E-state index contributed by atoms with van der Waals surface area (Å²) in [6.07, 6.45) is 4.59. The van der Waals surface area contributed by atoms with Crippen molar-refractivity contribution < 1.29 is 0 Å². The number of hydrogen-bond acceptors (Lipinski definition) is 6. The predicted octanol–water partition coefficient (Wildman–Crippen LogP) is 4.98. The molecule has 0 fully saturated rings. The number of fused-ring (bicyclic) bond motifs is 1. The Balaban J connectivity index is 1.43. The van der Waals surface area contributed by atoms with Gasteiger partial charge in [0.25, 0.3) is 0 Å². The van der Waals surface area contributed by atoms with E-state index in [1.165, 1.54) is 5.56 Å². The van der Waals surface area contributed by atoms with Crippen LogP contribution in [0.2, 0.25) is 0 Å². The summed E-state index contributed by atoms with van der Waals surface area (Å²) < 4.78 is 0. The highest BCUT2D eigenvalue weighted by Crippen LogP contribution is 2.30. The Morgan fingerprint density at radius 1 is 0.939 bits per heavy atom. The van der Waals surface area contributed by atoms with Crippen molar-refractivity contribution in [3.05, 3.63) is 89.4 Å². The van der Waals surface area contributed by atoms with Gasteiger partial charge in [0.15, 0.2) is 5.82 Å². The van der Waals surface area contributed by atoms with E-state index in [-0.39, 0.29) is 0 Å². The minimum absolute atomic E-state index is 0.405. The van der Waals surface area contributed by atoms with Crippen molar-refractivity contribution >= 4 is 5.82 Å². The van der Waals surface area contributed by atoms with Gasteiger partial charge in [0.1, 0.15) is 5.82 Å². The highest BCUT2D eigenvalue weighted by atomic mass is 15.1. The van der Waals surface area contributed by atoms with Crippen LogP contribution in [0, 0.1) is 0 Å². The molecule has 1 aromatic carbocycles. The zero-order valence-corrected chi connectivity index (χ0v) is 19.0. The Kier molecular flexibility index (Phi) is 6.09. The summed E-state index contributed by atoms with van der Waals surface area (Å²) in [5.74, 6) is 2.10. The first-order valence-corrected chi connectivity index (χ1v) is 11.5. The van der Waals surface area contributed by atoms with E-state index in [1.54, 1.807) is 6.20 Å². The predicted molar refractivity (Wildman–Crippen MR) is 132 cm³/mol. The molecule has 0 radical (unpaired) electrons. The van der Waals surface area contributed by atoms with Crippen LogP contribution >= 0.6 is 0 Å². The summed E-state index contributed by atoms with van der Waals surface area (Å²) >= 11 is 0. The first-order valence-electron chi connectivity index (χ1n) is 11.5. The molecule has 0 aliphatic carbocycles. The van der Waals surface area contributed by atoms with E-state index >= 15 is 0 Å². The van der Waals surface area contributed by atoms with Gasteiger partial charge in [0, 0.05) is 49.6 Å². The molecule has 0 amide bonds. The molecule has 3 aromatic heterocycles. The molecular formula is C27H28N6. The van der Waals surface area contributed by atoms with Crippen molar-refractivity contribution in [3.8, 4) is 22.8 Å². The van der Waals surface area contributed by atoms with Gasteiger partial charge in [-0.25, -0.2) is 9.97 Å². The second-order valence-electron chi connectivity index (χ2n) is 8.61. The van der Waals surface area contributed by atoms with Crippen LogP contribution < -0.4 is 10.6 Å². The van der Waals surface area contributed by atoms with Crippen LogP contribution in [0.3, 0.4) is 0 Å². The van der Waals surface area contributed by atoms with Gasteiger partial charge >= 0.3 is 0 Å². The van der Waals surface area contributed by atoms with Crippen LogP contribution in [0.15, 0.2) is 67.0 Å². The van der Waals surface area contributed by atoms with Crippen molar-refractivity contribution in [2.45, 2.75) is 39.3 Å². The Labute approximate surface area is 194 Å². The zero-order chi connectivity index (χ0) is 22.6. The summed E-state index contributed by atoms with van der Waals surface area (Å²) in [4.78, 5) is 18.9. The topological polar surface area (TPSA) is 75.6 Å². The van der Waals surface area contributed by atoms with Gasteiger partial charge < -0.3 is 10.6 Å². The fraction of sp³-hybridized carbons (Fsp3) is 0.259. The maximum absolute atomic E-state index is 4.99. The molecule has 0 saturated carbocycles. The molecule has 0 unspecified atom stereocenters. The minimum Gasteiger partial charge on any atom is -0.366 e. The van der Waals surface area contributed by atoms with E-state index in [0.29, 0.717) is 12.5 Å². The number of hydrogen-bond donors (Lipinski definition) is 2. The van der Waals surface area contributed by atoms with E-state index < -0.39 is 0 Å². The molecular weight excluding hydrogens is 408 g/mol. The maximum atomic E-state index is 4.99. The average Bonchev–Trinajstić information content (AvgIpc) is 2.88. The fourth-order valence-corrected chi connectivity index (χ4v) is 4.19. The normalized spacial score (nSPS) is 13.1. The molecule has 0 saturated heterocycles. The minimum atomic E-state index is 0.405. The Bertz CT molecular complexity index is 1240. The molecule has 4 aromatic rings. The van der Waals surface area contributed by atoms with E-state index in [1.807, 2.05) is 30.5 Å². The molecule has 2 N–H and O–H groups in total. The Hall–Kier alpha value is -3.64. The summed E-state index contributed by atoms with van der Waals surface area (Å²) in [6, 6.07) is 18.4. The third-order valence-corrected chi connectivity index (χ3v) is 5.97. The first-order chi connectivity index (χ1) is 16.2. The molecule has 166 valence electrons. The molecule has 33 heavy (non-hydrogen) atoms. The van der Waals surface area contributed by atoms with Gasteiger partial charge in [0.05, 0.1) is 17.1 Å². The largest absolute Gasteiger partial charge is 0.366 e. The lowest BCUT2D eigenvalue weighted by molar-refractivity contribution is 0.627. The number of rotatable bonds is 6. The number of aromatic nitrogens is 4. The Morgan fingerprint density at radius 3 is 2.58 bits per heavy atom. The highest BCUT2D eigenvalue weighted by molar-refractivity contribution is 5.64. The van der Waals surface area contributed by atoms with Crippen molar-refractivity contribution in [3.63, 3.8) is 0 Å². The lowest BCUT2D eigenvalue weighted by atomic mass is 9.96. The van der Waals surface area contributed by atoms with Gasteiger partial charge in [-0.05, 0) is 35.2 Å². The molecule has 1 aliphatic heterocycles. The molecule has 0 bridgehead atoms. The number of pyridine rings is 2. The first kappa shape index (κ1) is 21.2. The second-order valence-corrected chi connectivity index (χ2v) is 8.61. The third kappa shape index (κ3) is 4.61. The molecule has 0 spiro atoms. The third-order valence-electron chi connectivity index (χ3n) is 5.97. The van der Waals surface area contributed by atoms with Crippen LogP contribution in [0.4, 0.5) is 5.82 Å². The molecule has 1 aliphatic rings. The average molecular weight is 437 g/mol. The highest BCUT2D eigenvalue weighted by Gasteiger charge is 2.20. The summed E-state index contributed by atoms with van der Waals surface area (Å²) in [5.41, 5.74) is 7.50. The second kappa shape index (κ2) is 9.46. The Morgan fingerprint density at radius 2 is 1.79 bits per heavy atom. The lowest BCUT2D eigenvalue weighted by Gasteiger charge is -2.22. The lowest BCUT2D eigenvalue weighted by Crippen LogP contribution is -2.26. The maximum Gasteiger partial charge on any atom is 0.162 e. The van der Waals surface area contributed by atoms with Gasteiger partial charge in [-0.2, -0.15) is 0 Å².